The maximum atomic E-state index is 5.39. The highest BCUT2D eigenvalue weighted by Crippen LogP contribution is 2.12. The van der Waals surface area contributed by atoms with Crippen LogP contribution in [0.2, 0.25) is 0 Å². The smallest absolute Gasteiger partial charge is 0.0437 e. The van der Waals surface area contributed by atoms with Crippen LogP contribution >= 0.6 is 0 Å². The third-order valence-electron chi connectivity index (χ3n) is 1.33. The minimum atomic E-state index is 0.301. The summed E-state index contributed by atoms with van der Waals surface area (Å²) < 4.78 is 0. The van der Waals surface area contributed by atoms with Crippen molar-refractivity contribution in [2.24, 2.45) is 16.1 Å². The van der Waals surface area contributed by atoms with Gasteiger partial charge in [0, 0.05) is 12.3 Å². The summed E-state index contributed by atoms with van der Waals surface area (Å²) in [4.78, 5) is 4.42. The zero-order valence-electron chi connectivity index (χ0n) is 8.15. The van der Waals surface area contributed by atoms with Gasteiger partial charge in [0.25, 0.3) is 0 Å². The normalized spacial score (nSPS) is 13.7. The van der Waals surface area contributed by atoms with Crippen LogP contribution in [0.1, 0.15) is 34.1 Å². The van der Waals surface area contributed by atoms with E-state index in [1.807, 2.05) is 6.92 Å². The molecule has 0 unspecified atom stereocenters. The van der Waals surface area contributed by atoms with Gasteiger partial charge in [-0.1, -0.05) is 20.8 Å². The maximum Gasteiger partial charge on any atom is 0.0437 e. The van der Waals surface area contributed by atoms with Crippen LogP contribution in [-0.2, 0) is 0 Å². The Kier molecular flexibility index (Phi) is 4.34. The van der Waals surface area contributed by atoms with Crippen LogP contribution in [0.4, 0.5) is 0 Å². The van der Waals surface area contributed by atoms with Crippen molar-refractivity contribution in [2.45, 2.75) is 34.1 Å². The van der Waals surface area contributed by atoms with Crippen molar-refractivity contribution in [1.82, 2.24) is 0 Å². The van der Waals surface area contributed by atoms with E-state index in [4.69, 9.17) is 5.73 Å². The van der Waals surface area contributed by atoms with Crippen LogP contribution in [0.5, 0.6) is 0 Å². The van der Waals surface area contributed by atoms with E-state index in [9.17, 15) is 0 Å². The minimum absolute atomic E-state index is 0.301. The van der Waals surface area contributed by atoms with E-state index >= 15 is 0 Å². The molecule has 0 spiro atoms. The molecule has 0 radical (unpaired) electrons. The molecule has 0 aromatic rings. The van der Waals surface area contributed by atoms with Crippen LogP contribution in [0, 0.1) is 5.41 Å². The zero-order chi connectivity index (χ0) is 8.91. The molecule has 2 N–H and O–H groups in total. The summed E-state index contributed by atoms with van der Waals surface area (Å²) in [5, 5.41) is 0. The number of nitrogens with zero attached hydrogens (tertiary/aromatic N) is 1. The van der Waals surface area contributed by atoms with Gasteiger partial charge < -0.3 is 5.73 Å². The Bertz CT molecular complexity index is 131. The van der Waals surface area contributed by atoms with Crippen molar-refractivity contribution >= 4 is 5.71 Å². The molecule has 0 rings (SSSR count). The quantitative estimate of drug-likeness (QED) is 0.622. The fraction of sp³-hybridized carbons (Fsp3) is 0.889. The SMILES string of the molecule is CC(CCN)=NCC(C)(C)C. The Hall–Kier alpha value is -0.370. The van der Waals surface area contributed by atoms with Crippen molar-refractivity contribution in [2.75, 3.05) is 13.1 Å². The third kappa shape index (κ3) is 7.53. The number of aliphatic imine (C=N–C) groups is 1. The van der Waals surface area contributed by atoms with Crippen molar-refractivity contribution in [3.8, 4) is 0 Å². The van der Waals surface area contributed by atoms with Crippen LogP contribution in [-0.4, -0.2) is 18.8 Å². The van der Waals surface area contributed by atoms with Gasteiger partial charge in [0.05, 0.1) is 0 Å². The van der Waals surface area contributed by atoms with Crippen LogP contribution < -0.4 is 5.73 Å². The van der Waals surface area contributed by atoms with E-state index in [1.165, 1.54) is 5.71 Å². The van der Waals surface area contributed by atoms with Gasteiger partial charge in [0.2, 0.25) is 0 Å². The van der Waals surface area contributed by atoms with E-state index in [1.54, 1.807) is 0 Å². The highest BCUT2D eigenvalue weighted by atomic mass is 14.7. The molecule has 0 aliphatic carbocycles. The molecule has 0 aliphatic rings. The Labute approximate surface area is 69.9 Å². The van der Waals surface area contributed by atoms with Gasteiger partial charge >= 0.3 is 0 Å². The number of rotatable bonds is 3. The van der Waals surface area contributed by atoms with Gasteiger partial charge in [-0.2, -0.15) is 0 Å². The Balaban J connectivity index is 3.73. The first-order chi connectivity index (χ1) is 4.95. The molecule has 0 saturated heterocycles. The highest BCUT2D eigenvalue weighted by molar-refractivity contribution is 5.82. The average Bonchev–Trinajstić information content (AvgIpc) is 1.83. The Morgan fingerprint density at radius 3 is 2.27 bits per heavy atom. The predicted molar refractivity (Wildman–Crippen MR) is 51.1 cm³/mol. The fourth-order valence-corrected chi connectivity index (χ4v) is 0.660. The molecule has 0 saturated carbocycles. The van der Waals surface area contributed by atoms with Crippen molar-refractivity contribution in [3.63, 3.8) is 0 Å². The molecule has 0 aromatic heterocycles. The van der Waals surface area contributed by atoms with E-state index in [-0.39, 0.29) is 0 Å². The topological polar surface area (TPSA) is 38.4 Å². The molecule has 0 amide bonds. The van der Waals surface area contributed by atoms with Gasteiger partial charge in [-0.25, -0.2) is 0 Å². The lowest BCUT2D eigenvalue weighted by Gasteiger charge is -2.14. The molecule has 0 aliphatic heterocycles. The first-order valence-corrected chi connectivity index (χ1v) is 4.16. The highest BCUT2D eigenvalue weighted by Gasteiger charge is 2.07. The molecule has 66 valence electrons. The second-order valence-electron chi connectivity index (χ2n) is 4.15. The lowest BCUT2D eigenvalue weighted by atomic mass is 9.97. The minimum Gasteiger partial charge on any atom is -0.330 e. The zero-order valence-corrected chi connectivity index (χ0v) is 8.15. The summed E-state index contributed by atoms with van der Waals surface area (Å²) in [5.74, 6) is 0. The average molecular weight is 156 g/mol. The Morgan fingerprint density at radius 1 is 1.36 bits per heavy atom. The first-order valence-electron chi connectivity index (χ1n) is 4.16. The van der Waals surface area contributed by atoms with Gasteiger partial charge in [0.15, 0.2) is 0 Å². The monoisotopic (exact) mass is 156 g/mol. The van der Waals surface area contributed by atoms with Crippen LogP contribution in [0.3, 0.4) is 0 Å². The van der Waals surface area contributed by atoms with E-state index in [2.05, 4.69) is 25.8 Å². The third-order valence-corrected chi connectivity index (χ3v) is 1.33. The summed E-state index contributed by atoms with van der Waals surface area (Å²) in [6.07, 6.45) is 0.927. The second-order valence-corrected chi connectivity index (χ2v) is 4.15. The molecule has 2 heteroatoms. The van der Waals surface area contributed by atoms with E-state index < -0.39 is 0 Å². The summed E-state index contributed by atoms with van der Waals surface area (Å²) in [5.41, 5.74) is 6.86. The fourth-order valence-electron chi connectivity index (χ4n) is 0.660. The van der Waals surface area contributed by atoms with Crippen molar-refractivity contribution < 1.29 is 0 Å². The first kappa shape index (κ1) is 10.6. The van der Waals surface area contributed by atoms with Gasteiger partial charge in [-0.05, 0) is 25.3 Å². The molecule has 0 fully saturated rings. The largest absolute Gasteiger partial charge is 0.330 e. The van der Waals surface area contributed by atoms with Gasteiger partial charge in [0.1, 0.15) is 0 Å². The summed E-state index contributed by atoms with van der Waals surface area (Å²) in [6.45, 7) is 10.2. The molecular formula is C9H20N2. The van der Waals surface area contributed by atoms with Crippen molar-refractivity contribution in [1.29, 1.82) is 0 Å². The molecule has 0 heterocycles. The van der Waals surface area contributed by atoms with Crippen LogP contribution in [0.15, 0.2) is 4.99 Å². The van der Waals surface area contributed by atoms with Gasteiger partial charge in [-0.3, -0.25) is 4.99 Å². The standard InChI is InChI=1S/C9H20N2/c1-8(5-6-10)11-7-9(2,3)4/h5-7,10H2,1-4H3. The molecule has 2 nitrogen and oxygen atoms in total. The van der Waals surface area contributed by atoms with E-state index in [0.29, 0.717) is 12.0 Å². The predicted octanol–water partition coefficient (Wildman–Crippen LogP) is 1.84. The lowest BCUT2D eigenvalue weighted by Crippen LogP contribution is -2.12. The van der Waals surface area contributed by atoms with E-state index in [0.717, 1.165) is 13.0 Å². The van der Waals surface area contributed by atoms with Crippen molar-refractivity contribution in [3.05, 3.63) is 0 Å². The number of hydrogen-bond acceptors (Lipinski definition) is 2. The van der Waals surface area contributed by atoms with Crippen LogP contribution in [0.25, 0.3) is 0 Å². The molecule has 0 bridgehead atoms. The summed E-state index contributed by atoms with van der Waals surface area (Å²) in [7, 11) is 0. The summed E-state index contributed by atoms with van der Waals surface area (Å²) >= 11 is 0. The molecule has 0 atom stereocenters. The molecule has 11 heavy (non-hydrogen) atoms. The lowest BCUT2D eigenvalue weighted by molar-refractivity contribution is 0.429. The van der Waals surface area contributed by atoms with Gasteiger partial charge in [-0.15, -0.1) is 0 Å². The molecule has 0 aromatic carbocycles. The summed E-state index contributed by atoms with van der Waals surface area (Å²) in [6, 6.07) is 0. The molecular weight excluding hydrogens is 136 g/mol. The second kappa shape index (κ2) is 4.50. The number of nitrogens with two attached hydrogens (primary N) is 1. The maximum absolute atomic E-state index is 5.39. The Morgan fingerprint density at radius 2 is 1.91 bits per heavy atom. The number of hydrogen-bond donors (Lipinski definition) is 1.